The molecule has 1 saturated heterocycles. The zero-order chi connectivity index (χ0) is 26.5. The molecule has 1 aliphatic rings. The minimum absolute atomic E-state index is 0.310. The highest BCUT2D eigenvalue weighted by atomic mass is 32.2. The van der Waals surface area contributed by atoms with Gasteiger partial charge in [0.25, 0.3) is 0 Å². The summed E-state index contributed by atoms with van der Waals surface area (Å²) in [5, 5.41) is 0. The molecule has 0 spiro atoms. The number of imidazole rings is 1. The minimum atomic E-state index is -3.64. The summed E-state index contributed by atoms with van der Waals surface area (Å²) in [6.45, 7) is 8.76. The predicted molar refractivity (Wildman–Crippen MR) is 146 cm³/mol. The fourth-order valence-corrected chi connectivity index (χ4v) is 6.08. The summed E-state index contributed by atoms with van der Waals surface area (Å²) in [4.78, 5) is 11.8. The van der Waals surface area contributed by atoms with E-state index in [9.17, 15) is 12.8 Å². The van der Waals surface area contributed by atoms with Gasteiger partial charge in [0.15, 0.2) is 9.84 Å². The van der Waals surface area contributed by atoms with Gasteiger partial charge in [-0.3, -0.25) is 4.98 Å². The molecule has 194 valence electrons. The lowest BCUT2D eigenvalue weighted by atomic mass is 9.92. The van der Waals surface area contributed by atoms with Crippen LogP contribution in [-0.2, 0) is 16.9 Å². The first-order valence-corrected chi connectivity index (χ1v) is 14.6. The molecule has 2 aromatic heterocycles. The second-order valence-electron chi connectivity index (χ2n) is 10.4. The molecule has 1 aliphatic heterocycles. The third kappa shape index (κ3) is 4.92. The molecule has 0 radical (unpaired) electrons. The van der Waals surface area contributed by atoms with Gasteiger partial charge in [-0.1, -0.05) is 6.07 Å². The molecule has 5 rings (SSSR count). The van der Waals surface area contributed by atoms with Crippen molar-refractivity contribution in [3.63, 3.8) is 0 Å². The Labute approximate surface area is 218 Å². The van der Waals surface area contributed by atoms with E-state index in [4.69, 9.17) is 9.97 Å². The van der Waals surface area contributed by atoms with Crippen LogP contribution in [0.15, 0.2) is 53.6 Å². The maximum absolute atomic E-state index is 14.6. The first kappa shape index (κ1) is 25.5. The zero-order valence-electron chi connectivity index (χ0n) is 22.0. The van der Waals surface area contributed by atoms with Gasteiger partial charge >= 0.3 is 0 Å². The number of hydrogen-bond donors (Lipinski definition) is 0. The summed E-state index contributed by atoms with van der Waals surface area (Å²) >= 11 is 0. The van der Waals surface area contributed by atoms with Crippen molar-refractivity contribution in [2.45, 2.75) is 50.5 Å². The van der Waals surface area contributed by atoms with E-state index in [1.807, 2.05) is 24.7 Å². The van der Waals surface area contributed by atoms with E-state index in [-0.39, 0.29) is 4.90 Å². The molecule has 1 fully saturated rings. The maximum Gasteiger partial charge on any atom is 0.178 e. The minimum Gasteiger partial charge on any atom is -0.327 e. The van der Waals surface area contributed by atoms with Gasteiger partial charge in [0, 0.05) is 48.3 Å². The molecule has 4 aromatic rings. The van der Waals surface area contributed by atoms with E-state index < -0.39 is 15.7 Å². The van der Waals surface area contributed by atoms with E-state index in [2.05, 4.69) is 43.0 Å². The summed E-state index contributed by atoms with van der Waals surface area (Å²) < 4.78 is 40.1. The van der Waals surface area contributed by atoms with Crippen molar-refractivity contribution in [3.05, 3.63) is 65.7 Å². The number of rotatable bonds is 5. The zero-order valence-corrected chi connectivity index (χ0v) is 22.8. The van der Waals surface area contributed by atoms with Crippen LogP contribution in [0.2, 0.25) is 0 Å². The molecule has 0 aliphatic carbocycles. The van der Waals surface area contributed by atoms with Crippen LogP contribution >= 0.6 is 0 Å². The lowest BCUT2D eigenvalue weighted by Gasteiger charge is -2.34. The Morgan fingerprint density at radius 2 is 1.70 bits per heavy atom. The van der Waals surface area contributed by atoms with Crippen LogP contribution in [0.1, 0.15) is 43.9 Å². The summed E-state index contributed by atoms with van der Waals surface area (Å²) in [6.07, 6.45) is 5.24. The van der Waals surface area contributed by atoms with Gasteiger partial charge in [0.05, 0.1) is 11.0 Å². The van der Waals surface area contributed by atoms with Gasteiger partial charge in [-0.15, -0.1) is 0 Å². The number of likely N-dealkylation sites (tertiary alicyclic amines) is 1. The van der Waals surface area contributed by atoms with E-state index >= 15 is 0 Å². The Morgan fingerprint density at radius 1 is 1.00 bits per heavy atom. The highest BCUT2D eigenvalue weighted by Crippen LogP contribution is 2.33. The number of pyridine rings is 1. The fourth-order valence-electron chi connectivity index (χ4n) is 5.35. The van der Waals surface area contributed by atoms with Crippen LogP contribution in [0.3, 0.4) is 0 Å². The number of aromatic nitrogens is 3. The van der Waals surface area contributed by atoms with Gasteiger partial charge in [0.1, 0.15) is 16.5 Å². The number of piperidine rings is 1. The molecule has 0 unspecified atom stereocenters. The van der Waals surface area contributed by atoms with Crippen molar-refractivity contribution in [1.82, 2.24) is 19.4 Å². The van der Waals surface area contributed by atoms with Crippen molar-refractivity contribution < 1.29 is 12.8 Å². The van der Waals surface area contributed by atoms with E-state index in [1.54, 1.807) is 6.07 Å². The van der Waals surface area contributed by atoms with Crippen LogP contribution < -0.4 is 0 Å². The van der Waals surface area contributed by atoms with Crippen molar-refractivity contribution in [1.29, 1.82) is 0 Å². The number of sulfone groups is 1. The molecule has 0 saturated carbocycles. The SMILES string of the molecule is Cc1cc(-c2ccc(C3CCN(C(C)C)CC3)nc2)cc2c1nc(-c1ccc(S(C)(=O)=O)c(F)c1)n2C. The maximum atomic E-state index is 14.6. The van der Waals surface area contributed by atoms with E-state index in [0.717, 1.165) is 65.6 Å². The number of hydrogen-bond acceptors (Lipinski definition) is 5. The number of aryl methyl sites for hydroxylation is 2. The molecule has 0 bridgehead atoms. The van der Waals surface area contributed by atoms with Gasteiger partial charge in [-0.2, -0.15) is 0 Å². The monoisotopic (exact) mass is 520 g/mol. The fraction of sp³-hybridized carbons (Fsp3) is 0.379. The summed E-state index contributed by atoms with van der Waals surface area (Å²) in [6, 6.07) is 13.2. The smallest absolute Gasteiger partial charge is 0.178 e. The third-order valence-corrected chi connectivity index (χ3v) is 8.69. The van der Waals surface area contributed by atoms with E-state index in [1.165, 1.54) is 12.1 Å². The topological polar surface area (TPSA) is 68.1 Å². The second-order valence-corrected chi connectivity index (χ2v) is 12.4. The Morgan fingerprint density at radius 3 is 2.30 bits per heavy atom. The number of nitrogens with zero attached hydrogens (tertiary/aromatic N) is 4. The molecule has 2 aromatic carbocycles. The Balaban J connectivity index is 1.45. The van der Waals surface area contributed by atoms with Crippen molar-refractivity contribution >= 4 is 20.9 Å². The summed E-state index contributed by atoms with van der Waals surface area (Å²) in [7, 11) is -1.75. The van der Waals surface area contributed by atoms with E-state index in [0.29, 0.717) is 23.3 Å². The second kappa shape index (κ2) is 9.65. The standard InChI is InChI=1S/C29H33FN4O2S/c1-18(2)34-12-10-20(11-13-34)25-8-6-22(17-31-25)23-14-19(3)28-26(16-23)33(4)29(32-28)21-7-9-27(24(30)15-21)37(5,35)36/h6-9,14-18,20H,10-13H2,1-5H3. The Hall–Kier alpha value is -3.10. The Bertz CT molecular complexity index is 1570. The molecule has 0 N–H and O–H groups in total. The van der Waals surface area contributed by atoms with Crippen molar-refractivity contribution in [2.24, 2.45) is 7.05 Å². The Kier molecular flexibility index (Phi) is 6.66. The van der Waals surface area contributed by atoms with Gasteiger partial charge < -0.3 is 9.47 Å². The van der Waals surface area contributed by atoms with Gasteiger partial charge in [0.2, 0.25) is 0 Å². The highest BCUT2D eigenvalue weighted by molar-refractivity contribution is 7.90. The van der Waals surface area contributed by atoms with Crippen molar-refractivity contribution in [3.8, 4) is 22.5 Å². The quantitative estimate of drug-likeness (QED) is 0.336. The third-order valence-electron chi connectivity index (χ3n) is 7.56. The average molecular weight is 521 g/mol. The number of benzene rings is 2. The molecular formula is C29H33FN4O2S. The largest absolute Gasteiger partial charge is 0.327 e. The summed E-state index contributed by atoms with van der Waals surface area (Å²) in [5.74, 6) is 0.309. The normalized spacial score (nSPS) is 15.6. The van der Waals surface area contributed by atoms with Crippen LogP contribution in [0.5, 0.6) is 0 Å². The molecule has 37 heavy (non-hydrogen) atoms. The summed E-state index contributed by atoms with van der Waals surface area (Å²) in [5.41, 5.74) is 6.53. The van der Waals surface area contributed by atoms with Crippen LogP contribution in [-0.4, -0.2) is 53.2 Å². The number of halogens is 1. The van der Waals surface area contributed by atoms with Crippen LogP contribution in [0, 0.1) is 12.7 Å². The highest BCUT2D eigenvalue weighted by Gasteiger charge is 2.23. The molecule has 3 heterocycles. The molecule has 0 amide bonds. The van der Waals surface area contributed by atoms with Crippen LogP contribution in [0.4, 0.5) is 4.39 Å². The van der Waals surface area contributed by atoms with Crippen molar-refractivity contribution in [2.75, 3.05) is 19.3 Å². The average Bonchev–Trinajstić information content (AvgIpc) is 3.20. The van der Waals surface area contributed by atoms with Gasteiger partial charge in [-0.25, -0.2) is 17.8 Å². The van der Waals surface area contributed by atoms with Crippen LogP contribution in [0.25, 0.3) is 33.5 Å². The van der Waals surface area contributed by atoms with Gasteiger partial charge in [-0.05, 0) is 94.2 Å². The molecule has 8 heteroatoms. The number of fused-ring (bicyclic) bond motifs is 1. The predicted octanol–water partition coefficient (Wildman–Crippen LogP) is 5.74. The molecular weight excluding hydrogens is 487 g/mol. The first-order valence-electron chi connectivity index (χ1n) is 12.7. The lowest BCUT2D eigenvalue weighted by molar-refractivity contribution is 0.171. The molecule has 6 nitrogen and oxygen atoms in total. The molecule has 0 atom stereocenters. The first-order chi connectivity index (χ1) is 17.5. The lowest BCUT2D eigenvalue weighted by Crippen LogP contribution is -2.37.